The number of nitrogens with one attached hydrogen (secondary N) is 1. The minimum Gasteiger partial charge on any atom is -0.493 e. The molecule has 30 heavy (non-hydrogen) atoms. The number of rotatable bonds is 8. The molecule has 1 atom stereocenters. The molecular formula is C25H33BrN2O2. The van der Waals surface area contributed by atoms with Crippen LogP contribution in [0, 0.1) is 11.8 Å². The van der Waals surface area contributed by atoms with Gasteiger partial charge in [-0.25, -0.2) is 0 Å². The van der Waals surface area contributed by atoms with Crippen molar-refractivity contribution in [3.8, 4) is 5.75 Å². The lowest BCUT2D eigenvalue weighted by Gasteiger charge is -2.33. The maximum Gasteiger partial charge on any atom is 0.226 e. The fourth-order valence-corrected chi connectivity index (χ4v) is 4.27. The number of piperidine rings is 1. The van der Waals surface area contributed by atoms with Crippen molar-refractivity contribution in [3.05, 3.63) is 58.6 Å². The van der Waals surface area contributed by atoms with E-state index in [1.165, 1.54) is 5.56 Å². The van der Waals surface area contributed by atoms with Crippen molar-refractivity contribution in [1.82, 2.24) is 4.90 Å². The number of benzene rings is 2. The summed E-state index contributed by atoms with van der Waals surface area (Å²) in [7, 11) is 0. The summed E-state index contributed by atoms with van der Waals surface area (Å²) in [6.45, 7) is 10.1. The Hall–Kier alpha value is -1.85. The van der Waals surface area contributed by atoms with Crippen LogP contribution in [0.25, 0.3) is 0 Å². The van der Waals surface area contributed by atoms with E-state index in [1.807, 2.05) is 44.2 Å². The van der Waals surface area contributed by atoms with Crippen LogP contribution in [0.4, 0.5) is 5.69 Å². The van der Waals surface area contributed by atoms with Crippen molar-refractivity contribution in [3.63, 3.8) is 0 Å². The van der Waals surface area contributed by atoms with Gasteiger partial charge < -0.3 is 15.0 Å². The first-order valence-corrected chi connectivity index (χ1v) is 11.7. The SMILES string of the molecule is CC(C)C(=O)Nc1cccc(C2CCN(C[C@@H](C)COc3cccc(Br)c3)CC2)c1. The zero-order chi connectivity index (χ0) is 21.5. The monoisotopic (exact) mass is 472 g/mol. The molecule has 0 unspecified atom stereocenters. The van der Waals surface area contributed by atoms with Crippen LogP contribution in [0.3, 0.4) is 0 Å². The predicted molar refractivity (Wildman–Crippen MR) is 127 cm³/mol. The van der Waals surface area contributed by atoms with Gasteiger partial charge in [-0.2, -0.15) is 0 Å². The van der Waals surface area contributed by atoms with Crippen LogP contribution in [-0.4, -0.2) is 37.0 Å². The molecule has 3 rings (SSSR count). The largest absolute Gasteiger partial charge is 0.493 e. The molecule has 1 N–H and O–H groups in total. The van der Waals surface area contributed by atoms with Gasteiger partial charge in [0.05, 0.1) is 6.61 Å². The zero-order valence-corrected chi connectivity index (χ0v) is 19.8. The summed E-state index contributed by atoms with van der Waals surface area (Å²) in [6.07, 6.45) is 2.31. The number of carbonyl (C=O) groups excluding carboxylic acids is 1. The second kappa shape index (κ2) is 11.0. The molecule has 1 aliphatic rings. The van der Waals surface area contributed by atoms with Crippen LogP contribution >= 0.6 is 15.9 Å². The summed E-state index contributed by atoms with van der Waals surface area (Å²) >= 11 is 3.49. The quantitative estimate of drug-likeness (QED) is 0.516. The summed E-state index contributed by atoms with van der Waals surface area (Å²) in [4.78, 5) is 14.5. The highest BCUT2D eigenvalue weighted by atomic mass is 79.9. The molecule has 0 aliphatic carbocycles. The molecule has 0 spiro atoms. The minimum atomic E-state index is -0.00808. The average Bonchev–Trinajstić information content (AvgIpc) is 2.73. The lowest BCUT2D eigenvalue weighted by Crippen LogP contribution is -2.37. The molecule has 0 aromatic heterocycles. The number of amides is 1. The highest BCUT2D eigenvalue weighted by Crippen LogP contribution is 2.30. The molecular weight excluding hydrogens is 440 g/mol. The highest BCUT2D eigenvalue weighted by Gasteiger charge is 2.22. The third-order valence-electron chi connectivity index (χ3n) is 5.64. The molecule has 1 saturated heterocycles. The van der Waals surface area contributed by atoms with Crippen molar-refractivity contribution < 1.29 is 9.53 Å². The molecule has 0 saturated carbocycles. The van der Waals surface area contributed by atoms with Gasteiger partial charge in [0.1, 0.15) is 5.75 Å². The number of likely N-dealkylation sites (tertiary alicyclic amines) is 1. The Morgan fingerprint density at radius 2 is 1.87 bits per heavy atom. The van der Waals surface area contributed by atoms with Gasteiger partial charge in [0.15, 0.2) is 0 Å². The number of nitrogens with zero attached hydrogens (tertiary/aromatic N) is 1. The lowest BCUT2D eigenvalue weighted by atomic mass is 9.89. The zero-order valence-electron chi connectivity index (χ0n) is 18.2. The van der Waals surface area contributed by atoms with Gasteiger partial charge in [-0.05, 0) is 67.7 Å². The van der Waals surface area contributed by atoms with Gasteiger partial charge in [0.2, 0.25) is 5.91 Å². The van der Waals surface area contributed by atoms with E-state index in [2.05, 4.69) is 51.3 Å². The van der Waals surface area contributed by atoms with Gasteiger partial charge in [-0.15, -0.1) is 0 Å². The van der Waals surface area contributed by atoms with E-state index in [-0.39, 0.29) is 11.8 Å². The Balaban J connectivity index is 1.45. The molecule has 4 nitrogen and oxygen atoms in total. The molecule has 162 valence electrons. The second-order valence-corrected chi connectivity index (χ2v) is 9.63. The van der Waals surface area contributed by atoms with Crippen LogP contribution in [0.5, 0.6) is 5.75 Å². The summed E-state index contributed by atoms with van der Waals surface area (Å²) in [5.41, 5.74) is 2.24. The molecule has 2 aromatic rings. The van der Waals surface area contributed by atoms with Crippen LogP contribution in [-0.2, 0) is 4.79 Å². The molecule has 0 bridgehead atoms. The Morgan fingerprint density at radius 1 is 1.13 bits per heavy atom. The molecule has 0 radical (unpaired) electrons. The Bertz CT molecular complexity index is 831. The average molecular weight is 473 g/mol. The van der Waals surface area contributed by atoms with Crippen molar-refractivity contribution in [2.45, 2.75) is 39.5 Å². The van der Waals surface area contributed by atoms with E-state index in [0.29, 0.717) is 11.8 Å². The molecule has 1 amide bonds. The van der Waals surface area contributed by atoms with Crippen molar-refractivity contribution >= 4 is 27.5 Å². The number of carbonyl (C=O) groups is 1. The predicted octanol–water partition coefficient (Wildman–Crippen LogP) is 5.94. The second-order valence-electron chi connectivity index (χ2n) is 8.72. The number of hydrogen-bond donors (Lipinski definition) is 1. The van der Waals surface area contributed by atoms with E-state index in [9.17, 15) is 4.79 Å². The van der Waals surface area contributed by atoms with Crippen molar-refractivity contribution in [2.24, 2.45) is 11.8 Å². The summed E-state index contributed by atoms with van der Waals surface area (Å²) in [6, 6.07) is 16.4. The van der Waals surface area contributed by atoms with Gasteiger partial charge in [-0.1, -0.05) is 54.9 Å². The van der Waals surface area contributed by atoms with E-state index in [1.54, 1.807) is 0 Å². The van der Waals surface area contributed by atoms with Gasteiger partial charge in [0.25, 0.3) is 0 Å². The Labute approximate surface area is 189 Å². The first-order valence-electron chi connectivity index (χ1n) is 10.9. The molecule has 5 heteroatoms. The van der Waals surface area contributed by atoms with E-state index >= 15 is 0 Å². The number of halogens is 1. The number of ether oxygens (including phenoxy) is 1. The molecule has 1 fully saturated rings. The molecule has 1 aliphatic heterocycles. The Kier molecular flexibility index (Phi) is 8.34. The molecule has 1 heterocycles. The van der Waals surface area contributed by atoms with Gasteiger partial charge in [0, 0.05) is 28.5 Å². The Morgan fingerprint density at radius 3 is 2.57 bits per heavy atom. The van der Waals surface area contributed by atoms with Crippen molar-refractivity contribution in [1.29, 1.82) is 0 Å². The van der Waals surface area contributed by atoms with Crippen molar-refractivity contribution in [2.75, 3.05) is 31.6 Å². The standard InChI is InChI=1S/C25H33BrN2O2/c1-18(2)25(29)27-23-8-4-6-21(14-23)20-10-12-28(13-11-20)16-19(3)17-30-24-9-5-7-22(26)15-24/h4-9,14-15,18-20H,10-13,16-17H2,1-3H3,(H,27,29)/t19-/m1/s1. The summed E-state index contributed by atoms with van der Waals surface area (Å²) in [5, 5.41) is 3.02. The summed E-state index contributed by atoms with van der Waals surface area (Å²) < 4.78 is 7.00. The van der Waals surface area contributed by atoms with Crippen LogP contribution in [0.2, 0.25) is 0 Å². The first-order chi connectivity index (χ1) is 14.4. The minimum absolute atomic E-state index is 0.00808. The fourth-order valence-electron chi connectivity index (χ4n) is 3.89. The third kappa shape index (κ3) is 6.85. The van der Waals surface area contributed by atoms with Crippen LogP contribution in [0.15, 0.2) is 53.0 Å². The fraction of sp³-hybridized carbons (Fsp3) is 0.480. The highest BCUT2D eigenvalue weighted by molar-refractivity contribution is 9.10. The maximum absolute atomic E-state index is 12.0. The van der Waals surface area contributed by atoms with E-state index in [0.717, 1.165) is 55.0 Å². The van der Waals surface area contributed by atoms with E-state index in [4.69, 9.17) is 4.74 Å². The van der Waals surface area contributed by atoms with Crippen LogP contribution in [0.1, 0.15) is 45.1 Å². The summed E-state index contributed by atoms with van der Waals surface area (Å²) in [5.74, 6) is 2.02. The van der Waals surface area contributed by atoms with E-state index < -0.39 is 0 Å². The molecule has 2 aromatic carbocycles. The number of anilines is 1. The van der Waals surface area contributed by atoms with Gasteiger partial charge >= 0.3 is 0 Å². The smallest absolute Gasteiger partial charge is 0.226 e. The lowest BCUT2D eigenvalue weighted by molar-refractivity contribution is -0.118. The third-order valence-corrected chi connectivity index (χ3v) is 6.13. The van der Waals surface area contributed by atoms with Gasteiger partial charge in [-0.3, -0.25) is 4.79 Å². The maximum atomic E-state index is 12.0. The topological polar surface area (TPSA) is 41.6 Å². The normalized spacial score (nSPS) is 16.4. The first kappa shape index (κ1) is 22.8. The number of hydrogen-bond acceptors (Lipinski definition) is 3. The van der Waals surface area contributed by atoms with Crippen LogP contribution < -0.4 is 10.1 Å².